The number of hydrogen-bond donors (Lipinski definition) is 1. The van der Waals surface area contributed by atoms with Gasteiger partial charge in [0.25, 0.3) is 0 Å². The van der Waals surface area contributed by atoms with Crippen LogP contribution in [0.25, 0.3) is 33.2 Å². The number of ether oxygens (including phenoxy) is 2. The van der Waals surface area contributed by atoms with E-state index in [2.05, 4.69) is 27.1 Å². The average molecular weight is 400 g/mol. The molecule has 6 nitrogen and oxygen atoms in total. The van der Waals surface area contributed by atoms with Crippen molar-refractivity contribution in [3.05, 3.63) is 66.7 Å². The molecule has 0 aliphatic rings. The predicted molar refractivity (Wildman–Crippen MR) is 119 cm³/mol. The van der Waals surface area contributed by atoms with E-state index < -0.39 is 0 Å². The van der Waals surface area contributed by atoms with Gasteiger partial charge in [0.15, 0.2) is 0 Å². The molecule has 1 aromatic carbocycles. The summed E-state index contributed by atoms with van der Waals surface area (Å²) < 4.78 is 10.8. The zero-order valence-corrected chi connectivity index (χ0v) is 17.3. The van der Waals surface area contributed by atoms with Gasteiger partial charge < -0.3 is 15.2 Å². The Morgan fingerprint density at radius 1 is 0.900 bits per heavy atom. The molecule has 0 radical (unpaired) electrons. The second-order valence-electron chi connectivity index (χ2n) is 7.31. The SMILES string of the molecule is COc1ncc(-c2ccc3nccc(-c4ccc(COC(C)C)nc4)c3c2)cc1N. The van der Waals surface area contributed by atoms with Crippen molar-refractivity contribution >= 4 is 16.6 Å². The number of fused-ring (bicyclic) bond motifs is 1. The molecule has 0 fully saturated rings. The Bertz CT molecular complexity index is 1170. The molecule has 0 saturated heterocycles. The van der Waals surface area contributed by atoms with E-state index in [4.69, 9.17) is 15.2 Å². The van der Waals surface area contributed by atoms with Gasteiger partial charge in [-0.25, -0.2) is 4.98 Å². The van der Waals surface area contributed by atoms with Gasteiger partial charge in [0.1, 0.15) is 0 Å². The van der Waals surface area contributed by atoms with Crippen LogP contribution in [-0.4, -0.2) is 28.2 Å². The minimum absolute atomic E-state index is 0.176. The summed E-state index contributed by atoms with van der Waals surface area (Å²) in [5.41, 5.74) is 12.4. The molecule has 0 aliphatic heterocycles. The molecule has 0 spiro atoms. The molecule has 0 aliphatic carbocycles. The van der Waals surface area contributed by atoms with Crippen LogP contribution in [0, 0.1) is 0 Å². The number of rotatable bonds is 6. The van der Waals surface area contributed by atoms with Crippen LogP contribution in [0.5, 0.6) is 5.88 Å². The average Bonchev–Trinajstić information content (AvgIpc) is 2.77. The molecule has 0 atom stereocenters. The summed E-state index contributed by atoms with van der Waals surface area (Å²) in [6, 6.07) is 14.1. The second-order valence-corrected chi connectivity index (χ2v) is 7.31. The molecule has 2 N–H and O–H groups in total. The lowest BCUT2D eigenvalue weighted by atomic mass is 9.98. The van der Waals surface area contributed by atoms with Crippen molar-refractivity contribution < 1.29 is 9.47 Å². The lowest BCUT2D eigenvalue weighted by Crippen LogP contribution is -2.03. The normalized spacial score (nSPS) is 11.2. The first-order valence-corrected chi connectivity index (χ1v) is 9.80. The summed E-state index contributed by atoms with van der Waals surface area (Å²) in [5, 5.41) is 1.04. The van der Waals surface area contributed by atoms with E-state index >= 15 is 0 Å². The fourth-order valence-corrected chi connectivity index (χ4v) is 3.30. The third-order valence-corrected chi connectivity index (χ3v) is 4.85. The molecular formula is C24H24N4O2. The summed E-state index contributed by atoms with van der Waals surface area (Å²) in [4.78, 5) is 13.4. The summed E-state index contributed by atoms with van der Waals surface area (Å²) in [6.07, 6.45) is 5.64. The van der Waals surface area contributed by atoms with E-state index in [0.717, 1.165) is 38.9 Å². The molecule has 152 valence electrons. The van der Waals surface area contributed by atoms with E-state index in [1.54, 1.807) is 13.3 Å². The van der Waals surface area contributed by atoms with Crippen molar-refractivity contribution in [2.45, 2.75) is 26.6 Å². The highest BCUT2D eigenvalue weighted by molar-refractivity contribution is 5.96. The fraction of sp³-hybridized carbons (Fsp3) is 0.208. The summed E-state index contributed by atoms with van der Waals surface area (Å²) in [6.45, 7) is 4.53. The minimum Gasteiger partial charge on any atom is -0.480 e. The van der Waals surface area contributed by atoms with Gasteiger partial charge in [-0.1, -0.05) is 12.1 Å². The minimum atomic E-state index is 0.176. The number of nitrogens with two attached hydrogens (primary N) is 1. The predicted octanol–water partition coefficient (Wildman–Crippen LogP) is 4.87. The maximum atomic E-state index is 6.04. The Kier molecular flexibility index (Phi) is 5.59. The Hall–Kier alpha value is -3.51. The van der Waals surface area contributed by atoms with Gasteiger partial charge in [0.2, 0.25) is 5.88 Å². The lowest BCUT2D eigenvalue weighted by Gasteiger charge is -2.11. The molecule has 4 rings (SSSR count). The molecule has 4 aromatic rings. The molecular weight excluding hydrogens is 376 g/mol. The van der Waals surface area contributed by atoms with Crippen molar-refractivity contribution in [1.82, 2.24) is 15.0 Å². The highest BCUT2D eigenvalue weighted by Gasteiger charge is 2.10. The van der Waals surface area contributed by atoms with Crippen LogP contribution in [0.15, 0.2) is 61.1 Å². The number of aromatic nitrogens is 3. The summed E-state index contributed by atoms with van der Waals surface area (Å²) in [7, 11) is 1.56. The van der Waals surface area contributed by atoms with Crippen LogP contribution in [0.2, 0.25) is 0 Å². The Morgan fingerprint density at radius 2 is 1.70 bits per heavy atom. The van der Waals surface area contributed by atoms with E-state index in [-0.39, 0.29) is 6.10 Å². The maximum absolute atomic E-state index is 6.04. The van der Waals surface area contributed by atoms with Crippen LogP contribution in [0.4, 0.5) is 5.69 Å². The first-order valence-electron chi connectivity index (χ1n) is 9.80. The van der Waals surface area contributed by atoms with Crippen LogP contribution in [0.3, 0.4) is 0 Å². The number of nitrogen functional groups attached to an aromatic ring is 1. The van der Waals surface area contributed by atoms with Crippen LogP contribution in [-0.2, 0) is 11.3 Å². The third kappa shape index (κ3) is 4.09. The molecule has 3 heterocycles. The molecule has 0 amide bonds. The van der Waals surface area contributed by atoms with Gasteiger partial charge in [-0.3, -0.25) is 9.97 Å². The van der Waals surface area contributed by atoms with E-state index in [0.29, 0.717) is 18.2 Å². The van der Waals surface area contributed by atoms with Crippen molar-refractivity contribution in [2.24, 2.45) is 0 Å². The van der Waals surface area contributed by atoms with Gasteiger partial charge in [0.05, 0.1) is 36.7 Å². The van der Waals surface area contributed by atoms with E-state index in [1.165, 1.54) is 0 Å². The number of nitrogens with zero attached hydrogens (tertiary/aromatic N) is 3. The maximum Gasteiger partial charge on any atom is 0.236 e. The zero-order valence-electron chi connectivity index (χ0n) is 17.3. The highest BCUT2D eigenvalue weighted by Crippen LogP contribution is 2.32. The molecule has 0 saturated carbocycles. The number of anilines is 1. The number of benzene rings is 1. The topological polar surface area (TPSA) is 83.2 Å². The number of pyridine rings is 3. The summed E-state index contributed by atoms with van der Waals surface area (Å²) in [5.74, 6) is 0.425. The van der Waals surface area contributed by atoms with Crippen LogP contribution >= 0.6 is 0 Å². The number of hydrogen-bond acceptors (Lipinski definition) is 6. The van der Waals surface area contributed by atoms with Gasteiger partial charge in [0, 0.05) is 35.1 Å². The van der Waals surface area contributed by atoms with Crippen LogP contribution in [0.1, 0.15) is 19.5 Å². The Balaban J connectivity index is 1.72. The summed E-state index contributed by atoms with van der Waals surface area (Å²) >= 11 is 0. The quantitative estimate of drug-likeness (QED) is 0.497. The lowest BCUT2D eigenvalue weighted by molar-refractivity contribution is 0.0636. The Labute approximate surface area is 175 Å². The number of methoxy groups -OCH3 is 1. The molecule has 30 heavy (non-hydrogen) atoms. The monoisotopic (exact) mass is 400 g/mol. The molecule has 0 unspecified atom stereocenters. The smallest absolute Gasteiger partial charge is 0.236 e. The second kappa shape index (κ2) is 8.47. The van der Waals surface area contributed by atoms with Gasteiger partial charge in [-0.15, -0.1) is 0 Å². The largest absolute Gasteiger partial charge is 0.480 e. The first-order chi connectivity index (χ1) is 14.5. The molecule has 6 heteroatoms. The zero-order chi connectivity index (χ0) is 21.1. The van der Waals surface area contributed by atoms with Gasteiger partial charge in [-0.05, 0) is 55.3 Å². The Morgan fingerprint density at radius 3 is 2.40 bits per heavy atom. The van der Waals surface area contributed by atoms with Gasteiger partial charge >= 0.3 is 0 Å². The standard InChI is InChI=1S/C24H24N4O2/c1-15(2)30-14-19-6-4-17(12-27-19)20-8-9-26-23-7-5-16(10-21(20)23)18-11-22(25)24(29-3)28-13-18/h4-13,15H,14,25H2,1-3H3. The van der Waals surface area contributed by atoms with Crippen molar-refractivity contribution in [3.8, 4) is 28.1 Å². The van der Waals surface area contributed by atoms with E-state index in [9.17, 15) is 0 Å². The fourth-order valence-electron chi connectivity index (χ4n) is 3.30. The first kappa shape index (κ1) is 19.8. The third-order valence-electron chi connectivity index (χ3n) is 4.85. The molecule has 3 aromatic heterocycles. The van der Waals surface area contributed by atoms with E-state index in [1.807, 2.05) is 56.6 Å². The van der Waals surface area contributed by atoms with Crippen molar-refractivity contribution in [1.29, 1.82) is 0 Å². The highest BCUT2D eigenvalue weighted by atomic mass is 16.5. The molecule has 0 bridgehead atoms. The van der Waals surface area contributed by atoms with Crippen molar-refractivity contribution in [3.63, 3.8) is 0 Å². The van der Waals surface area contributed by atoms with Crippen molar-refractivity contribution in [2.75, 3.05) is 12.8 Å². The van der Waals surface area contributed by atoms with Crippen LogP contribution < -0.4 is 10.5 Å². The van der Waals surface area contributed by atoms with Gasteiger partial charge in [-0.2, -0.15) is 0 Å².